The van der Waals surface area contributed by atoms with Gasteiger partial charge in [-0.15, -0.1) is 0 Å². The van der Waals surface area contributed by atoms with Crippen molar-refractivity contribution in [2.75, 3.05) is 0 Å². The van der Waals surface area contributed by atoms with Gasteiger partial charge in [-0.3, -0.25) is 0 Å². The molecule has 0 aromatic heterocycles. The van der Waals surface area contributed by atoms with E-state index >= 15 is 0 Å². The zero-order valence-electron chi connectivity index (χ0n) is 14.3. The molecule has 2 aliphatic rings. The van der Waals surface area contributed by atoms with E-state index in [0.717, 1.165) is 17.8 Å². The fourth-order valence-corrected chi connectivity index (χ4v) is 4.23. The van der Waals surface area contributed by atoms with Gasteiger partial charge >= 0.3 is 0 Å². The van der Waals surface area contributed by atoms with Gasteiger partial charge in [0, 0.05) is 0 Å². The Balaban J connectivity index is 2.16. The molecule has 0 saturated heterocycles. The zero-order valence-corrected chi connectivity index (χ0v) is 14.3. The normalized spacial score (nSPS) is 40.5. The first-order chi connectivity index (χ1) is 9.35. The van der Waals surface area contributed by atoms with Crippen LogP contribution in [0.3, 0.4) is 0 Å². The molecule has 20 heavy (non-hydrogen) atoms. The van der Waals surface area contributed by atoms with Crippen LogP contribution in [-0.4, -0.2) is 0 Å². The molecule has 0 aliphatic heterocycles. The summed E-state index contributed by atoms with van der Waals surface area (Å²) in [6, 6.07) is 0. The third-order valence-electron chi connectivity index (χ3n) is 5.50. The highest BCUT2D eigenvalue weighted by Gasteiger charge is 2.30. The lowest BCUT2D eigenvalue weighted by Gasteiger charge is -2.25. The minimum absolute atomic E-state index is 0.475. The van der Waals surface area contributed by atoms with Gasteiger partial charge in [0.25, 0.3) is 0 Å². The molecule has 114 valence electrons. The third kappa shape index (κ3) is 4.50. The Morgan fingerprint density at radius 1 is 1.10 bits per heavy atom. The molecular formula is C20H34. The summed E-state index contributed by atoms with van der Waals surface area (Å²) in [5.74, 6) is 2.67. The maximum Gasteiger partial charge on any atom is -0.0197 e. The third-order valence-corrected chi connectivity index (χ3v) is 5.50. The van der Waals surface area contributed by atoms with Gasteiger partial charge in [-0.05, 0) is 82.0 Å². The van der Waals surface area contributed by atoms with Gasteiger partial charge < -0.3 is 0 Å². The van der Waals surface area contributed by atoms with Crippen molar-refractivity contribution in [1.29, 1.82) is 0 Å². The fourth-order valence-electron chi connectivity index (χ4n) is 4.23. The minimum Gasteiger partial charge on any atom is -0.0851 e. The molecular weight excluding hydrogens is 240 g/mol. The Labute approximate surface area is 126 Å². The van der Waals surface area contributed by atoms with Crippen molar-refractivity contribution in [2.45, 2.75) is 79.6 Å². The summed E-state index contributed by atoms with van der Waals surface area (Å²) in [6.45, 7) is 12.0. The highest BCUT2D eigenvalue weighted by Crippen LogP contribution is 2.42. The van der Waals surface area contributed by atoms with Gasteiger partial charge in [0.2, 0.25) is 0 Å². The molecule has 2 rings (SSSR count). The van der Waals surface area contributed by atoms with Gasteiger partial charge in [-0.25, -0.2) is 0 Å². The average molecular weight is 274 g/mol. The predicted octanol–water partition coefficient (Wildman–Crippen LogP) is 6.53. The molecule has 1 unspecified atom stereocenters. The molecule has 0 aromatic rings. The average Bonchev–Trinajstić information content (AvgIpc) is 2.65. The first-order valence-electron chi connectivity index (χ1n) is 8.69. The van der Waals surface area contributed by atoms with Crippen LogP contribution in [0.25, 0.3) is 0 Å². The van der Waals surface area contributed by atoms with Crippen molar-refractivity contribution in [3.8, 4) is 0 Å². The Morgan fingerprint density at radius 2 is 1.85 bits per heavy atom. The van der Waals surface area contributed by atoms with Crippen LogP contribution in [0, 0.1) is 23.2 Å². The highest BCUT2D eigenvalue weighted by molar-refractivity contribution is 5.10. The second-order valence-corrected chi connectivity index (χ2v) is 8.49. The van der Waals surface area contributed by atoms with Crippen molar-refractivity contribution in [1.82, 2.24) is 0 Å². The van der Waals surface area contributed by atoms with Crippen LogP contribution >= 0.6 is 0 Å². The maximum absolute atomic E-state index is 2.63. The SMILES string of the molecule is C/C1=C\[C@H]2CC(C)C[C@@H]2C/C(C)=C/CC(C)(C)CCC1. The lowest BCUT2D eigenvalue weighted by Crippen LogP contribution is -2.12. The van der Waals surface area contributed by atoms with Crippen molar-refractivity contribution >= 4 is 0 Å². The van der Waals surface area contributed by atoms with Crippen LogP contribution in [0.5, 0.6) is 0 Å². The smallest absolute Gasteiger partial charge is 0.0197 e. The number of fused-ring (bicyclic) bond motifs is 1. The molecule has 3 atom stereocenters. The molecule has 0 radical (unpaired) electrons. The molecule has 0 N–H and O–H groups in total. The molecule has 0 heterocycles. The molecule has 0 spiro atoms. The number of hydrogen-bond donors (Lipinski definition) is 0. The molecule has 1 fully saturated rings. The second kappa shape index (κ2) is 6.50. The van der Waals surface area contributed by atoms with Crippen LogP contribution in [-0.2, 0) is 0 Å². The van der Waals surface area contributed by atoms with Crippen LogP contribution in [0.15, 0.2) is 23.3 Å². The lowest BCUT2D eigenvalue weighted by molar-refractivity contribution is 0.326. The first-order valence-corrected chi connectivity index (χ1v) is 8.69. The molecule has 1 saturated carbocycles. The molecule has 0 amide bonds. The van der Waals surface area contributed by atoms with Gasteiger partial charge in [0.05, 0.1) is 0 Å². The van der Waals surface area contributed by atoms with Crippen LogP contribution < -0.4 is 0 Å². The zero-order chi connectivity index (χ0) is 14.8. The van der Waals surface area contributed by atoms with E-state index in [-0.39, 0.29) is 0 Å². The maximum atomic E-state index is 2.63. The van der Waals surface area contributed by atoms with Gasteiger partial charge in [-0.1, -0.05) is 44.1 Å². The van der Waals surface area contributed by atoms with E-state index in [0.29, 0.717) is 5.41 Å². The van der Waals surface area contributed by atoms with Crippen LogP contribution in [0.4, 0.5) is 0 Å². The summed E-state index contributed by atoms with van der Waals surface area (Å²) >= 11 is 0. The van der Waals surface area contributed by atoms with E-state index in [1.807, 2.05) is 0 Å². The van der Waals surface area contributed by atoms with Crippen molar-refractivity contribution in [3.63, 3.8) is 0 Å². The van der Waals surface area contributed by atoms with Crippen molar-refractivity contribution in [3.05, 3.63) is 23.3 Å². The monoisotopic (exact) mass is 274 g/mol. The molecule has 0 aromatic carbocycles. The van der Waals surface area contributed by atoms with Gasteiger partial charge in [0.1, 0.15) is 0 Å². The van der Waals surface area contributed by atoms with E-state index in [9.17, 15) is 0 Å². The Bertz CT molecular complexity index is 383. The summed E-state index contributed by atoms with van der Waals surface area (Å²) in [5, 5.41) is 0. The largest absolute Gasteiger partial charge is 0.0851 e. The van der Waals surface area contributed by atoms with Crippen molar-refractivity contribution < 1.29 is 0 Å². The molecule has 2 aliphatic carbocycles. The lowest BCUT2D eigenvalue weighted by atomic mass is 9.80. The first kappa shape index (κ1) is 15.9. The van der Waals surface area contributed by atoms with Crippen molar-refractivity contribution in [2.24, 2.45) is 23.2 Å². The Morgan fingerprint density at radius 3 is 2.60 bits per heavy atom. The fraction of sp³-hybridized carbons (Fsp3) is 0.800. The Hall–Kier alpha value is -0.520. The summed E-state index contributed by atoms with van der Waals surface area (Å²) in [7, 11) is 0. The quantitative estimate of drug-likeness (QED) is 0.440. The summed E-state index contributed by atoms with van der Waals surface area (Å²) in [5.41, 5.74) is 3.75. The summed E-state index contributed by atoms with van der Waals surface area (Å²) in [6.07, 6.45) is 14.6. The summed E-state index contributed by atoms with van der Waals surface area (Å²) in [4.78, 5) is 0. The standard InChI is InChI=1S/C20H34/c1-15-7-6-9-20(4,5)10-8-16(2)12-19-14-17(3)13-18(19)11-15/h8,11,17-19H,6-7,9-10,12-14H2,1-5H3/b15-11+,16-8+/t17?,18-,19-/m0/s1. The van der Waals surface area contributed by atoms with Crippen LogP contribution in [0.2, 0.25) is 0 Å². The van der Waals surface area contributed by atoms with Gasteiger partial charge in [-0.2, -0.15) is 0 Å². The van der Waals surface area contributed by atoms with Crippen LogP contribution in [0.1, 0.15) is 79.6 Å². The van der Waals surface area contributed by atoms with E-state index in [1.54, 1.807) is 11.1 Å². The predicted molar refractivity (Wildman–Crippen MR) is 89.8 cm³/mol. The van der Waals surface area contributed by atoms with E-state index in [4.69, 9.17) is 0 Å². The summed E-state index contributed by atoms with van der Waals surface area (Å²) < 4.78 is 0. The van der Waals surface area contributed by atoms with Gasteiger partial charge in [0.15, 0.2) is 0 Å². The number of allylic oxidation sites excluding steroid dienone is 4. The number of rotatable bonds is 0. The molecule has 0 nitrogen and oxygen atoms in total. The van der Waals surface area contributed by atoms with E-state index < -0.39 is 0 Å². The topological polar surface area (TPSA) is 0 Å². The molecule has 0 heteroatoms. The molecule has 0 bridgehead atoms. The number of hydrogen-bond acceptors (Lipinski definition) is 0. The highest BCUT2D eigenvalue weighted by atomic mass is 14.4. The minimum atomic E-state index is 0.475. The van der Waals surface area contributed by atoms with E-state index in [2.05, 4.69) is 46.8 Å². The second-order valence-electron chi connectivity index (χ2n) is 8.49. The Kier molecular flexibility index (Phi) is 5.15. The van der Waals surface area contributed by atoms with E-state index in [1.165, 1.54) is 44.9 Å².